The van der Waals surface area contributed by atoms with Crippen LogP contribution in [0.15, 0.2) is 23.2 Å². The standard InChI is InChI=1S/C17H25N3O2.HI/c18-17(19-8-2-9-22-16-7-10-21-12-16)20-15-6-5-13-3-1-4-14(13)11-15;/h5-6,11,16H,1-4,7-10,12H2,(H3,18,19,20);1H. The average molecular weight is 431 g/mol. The van der Waals surface area contributed by atoms with Crippen molar-refractivity contribution in [3.05, 3.63) is 29.3 Å². The Morgan fingerprint density at radius 1 is 1.35 bits per heavy atom. The minimum absolute atomic E-state index is 0. The second-order valence-corrected chi connectivity index (χ2v) is 5.94. The average Bonchev–Trinajstić information content (AvgIpc) is 3.17. The van der Waals surface area contributed by atoms with Crippen LogP contribution in [-0.2, 0) is 22.3 Å². The van der Waals surface area contributed by atoms with Crippen LogP contribution in [0.5, 0.6) is 0 Å². The normalized spacial score (nSPS) is 20.2. The van der Waals surface area contributed by atoms with Gasteiger partial charge in [0.1, 0.15) is 0 Å². The highest BCUT2D eigenvalue weighted by molar-refractivity contribution is 14.0. The van der Waals surface area contributed by atoms with Gasteiger partial charge in [-0.3, -0.25) is 4.99 Å². The topological polar surface area (TPSA) is 68.9 Å². The fraction of sp³-hybridized carbons (Fsp3) is 0.588. The predicted molar refractivity (Wildman–Crippen MR) is 104 cm³/mol. The van der Waals surface area contributed by atoms with E-state index in [1.807, 2.05) is 0 Å². The molecule has 23 heavy (non-hydrogen) atoms. The van der Waals surface area contributed by atoms with Gasteiger partial charge in [0.25, 0.3) is 0 Å². The first-order valence-corrected chi connectivity index (χ1v) is 8.19. The monoisotopic (exact) mass is 431 g/mol. The minimum Gasteiger partial charge on any atom is -0.379 e. The number of nitrogens with one attached hydrogen (secondary N) is 1. The Morgan fingerprint density at radius 2 is 2.22 bits per heavy atom. The quantitative estimate of drug-likeness (QED) is 0.315. The summed E-state index contributed by atoms with van der Waals surface area (Å²) in [4.78, 5) is 4.35. The van der Waals surface area contributed by atoms with Crippen molar-refractivity contribution in [3.63, 3.8) is 0 Å². The number of guanidine groups is 1. The number of anilines is 1. The molecule has 1 aliphatic carbocycles. The molecule has 0 spiro atoms. The number of nitrogens with zero attached hydrogens (tertiary/aromatic N) is 1. The van der Waals surface area contributed by atoms with Crippen LogP contribution in [0.4, 0.5) is 5.69 Å². The molecule has 1 heterocycles. The number of hydrogen-bond acceptors (Lipinski definition) is 3. The van der Waals surface area contributed by atoms with Crippen LogP contribution in [-0.4, -0.2) is 38.4 Å². The molecule has 1 saturated heterocycles. The Balaban J connectivity index is 0.00000192. The molecule has 1 atom stereocenters. The van der Waals surface area contributed by atoms with E-state index < -0.39 is 0 Å². The third kappa shape index (κ3) is 5.61. The molecular formula is C17H26IN3O2. The van der Waals surface area contributed by atoms with Crippen molar-refractivity contribution in [2.45, 2.75) is 38.2 Å². The van der Waals surface area contributed by atoms with E-state index in [-0.39, 0.29) is 30.1 Å². The van der Waals surface area contributed by atoms with Crippen molar-refractivity contribution < 1.29 is 9.47 Å². The number of hydrogen-bond donors (Lipinski definition) is 2. The fourth-order valence-electron chi connectivity index (χ4n) is 3.00. The maximum Gasteiger partial charge on any atom is 0.193 e. The molecule has 3 rings (SSSR count). The second kappa shape index (κ2) is 9.44. The third-order valence-corrected chi connectivity index (χ3v) is 4.20. The maximum absolute atomic E-state index is 5.93. The van der Waals surface area contributed by atoms with E-state index in [4.69, 9.17) is 15.2 Å². The molecule has 1 aromatic rings. The lowest BCUT2D eigenvalue weighted by atomic mass is 10.1. The summed E-state index contributed by atoms with van der Waals surface area (Å²) in [6.07, 6.45) is 5.78. The zero-order valence-corrected chi connectivity index (χ0v) is 15.8. The van der Waals surface area contributed by atoms with Gasteiger partial charge in [0, 0.05) is 25.4 Å². The molecular weight excluding hydrogens is 405 g/mol. The Hall–Kier alpha value is -0.860. The number of rotatable bonds is 6. The molecule has 1 aliphatic heterocycles. The van der Waals surface area contributed by atoms with E-state index in [2.05, 4.69) is 28.5 Å². The molecule has 0 amide bonds. The smallest absolute Gasteiger partial charge is 0.193 e. The van der Waals surface area contributed by atoms with Gasteiger partial charge in [-0.2, -0.15) is 0 Å². The molecule has 0 radical (unpaired) electrons. The number of benzene rings is 1. The first-order chi connectivity index (χ1) is 10.8. The molecule has 2 aliphatic rings. The zero-order valence-electron chi connectivity index (χ0n) is 13.4. The SMILES string of the molecule is I.NC(=NCCCOC1CCOC1)Nc1ccc2c(c1)CCC2. The molecule has 3 N–H and O–H groups in total. The van der Waals surface area contributed by atoms with Gasteiger partial charge < -0.3 is 20.5 Å². The lowest BCUT2D eigenvalue weighted by Crippen LogP contribution is -2.23. The van der Waals surface area contributed by atoms with E-state index in [0.29, 0.717) is 19.1 Å². The van der Waals surface area contributed by atoms with Crippen molar-refractivity contribution >= 4 is 35.6 Å². The van der Waals surface area contributed by atoms with Crippen LogP contribution in [0, 0.1) is 0 Å². The van der Waals surface area contributed by atoms with Crippen LogP contribution in [0.1, 0.15) is 30.4 Å². The first kappa shape index (κ1) is 18.5. The summed E-state index contributed by atoms with van der Waals surface area (Å²) in [6.45, 7) is 2.94. The Kier molecular flexibility index (Phi) is 7.58. The molecule has 5 nitrogen and oxygen atoms in total. The van der Waals surface area contributed by atoms with Gasteiger partial charge >= 0.3 is 0 Å². The minimum atomic E-state index is 0. The summed E-state index contributed by atoms with van der Waals surface area (Å²) in [5.41, 5.74) is 9.86. The van der Waals surface area contributed by atoms with Crippen LogP contribution in [0.3, 0.4) is 0 Å². The van der Waals surface area contributed by atoms with Gasteiger partial charge in [-0.15, -0.1) is 24.0 Å². The fourth-order valence-corrected chi connectivity index (χ4v) is 3.00. The summed E-state index contributed by atoms with van der Waals surface area (Å²) < 4.78 is 11.0. The van der Waals surface area contributed by atoms with Crippen LogP contribution < -0.4 is 11.1 Å². The summed E-state index contributed by atoms with van der Waals surface area (Å²) in [6, 6.07) is 6.46. The number of halogens is 1. The summed E-state index contributed by atoms with van der Waals surface area (Å²) in [5, 5.41) is 3.17. The molecule has 6 heteroatoms. The number of aryl methyl sites for hydroxylation is 2. The van der Waals surface area contributed by atoms with Crippen LogP contribution in [0.25, 0.3) is 0 Å². The highest BCUT2D eigenvalue weighted by atomic mass is 127. The van der Waals surface area contributed by atoms with Gasteiger partial charge in [0.2, 0.25) is 0 Å². The Labute approximate surface area is 155 Å². The van der Waals surface area contributed by atoms with Crippen molar-refractivity contribution in [1.82, 2.24) is 0 Å². The van der Waals surface area contributed by atoms with Gasteiger partial charge in [-0.05, 0) is 55.4 Å². The van der Waals surface area contributed by atoms with E-state index in [0.717, 1.165) is 31.7 Å². The van der Waals surface area contributed by atoms with Gasteiger partial charge in [0.05, 0.1) is 12.7 Å². The van der Waals surface area contributed by atoms with E-state index in [9.17, 15) is 0 Å². The molecule has 0 saturated carbocycles. The van der Waals surface area contributed by atoms with Crippen molar-refractivity contribution in [2.24, 2.45) is 10.7 Å². The van der Waals surface area contributed by atoms with E-state index in [1.165, 1.54) is 30.4 Å². The summed E-state index contributed by atoms with van der Waals surface area (Å²) >= 11 is 0. The molecule has 1 unspecified atom stereocenters. The number of aliphatic imine (C=N–C) groups is 1. The largest absolute Gasteiger partial charge is 0.379 e. The first-order valence-electron chi connectivity index (χ1n) is 8.19. The predicted octanol–water partition coefficient (Wildman–Crippen LogP) is 2.72. The third-order valence-electron chi connectivity index (χ3n) is 4.20. The lowest BCUT2D eigenvalue weighted by molar-refractivity contribution is 0.0424. The number of nitrogens with two attached hydrogens (primary N) is 1. The molecule has 0 aromatic heterocycles. The molecule has 0 bridgehead atoms. The Morgan fingerprint density at radius 3 is 3.04 bits per heavy atom. The number of fused-ring (bicyclic) bond motifs is 1. The van der Waals surface area contributed by atoms with E-state index >= 15 is 0 Å². The summed E-state index contributed by atoms with van der Waals surface area (Å²) in [7, 11) is 0. The number of ether oxygens (including phenoxy) is 2. The van der Waals surface area contributed by atoms with Crippen molar-refractivity contribution in [3.8, 4) is 0 Å². The van der Waals surface area contributed by atoms with Gasteiger partial charge in [-0.25, -0.2) is 0 Å². The Bertz CT molecular complexity index is 531. The van der Waals surface area contributed by atoms with Crippen molar-refractivity contribution in [2.75, 3.05) is 31.7 Å². The molecule has 1 fully saturated rings. The molecule has 128 valence electrons. The van der Waals surface area contributed by atoms with Crippen LogP contribution in [0.2, 0.25) is 0 Å². The highest BCUT2D eigenvalue weighted by Gasteiger charge is 2.15. The van der Waals surface area contributed by atoms with E-state index in [1.54, 1.807) is 0 Å². The van der Waals surface area contributed by atoms with Gasteiger partial charge in [0.15, 0.2) is 5.96 Å². The van der Waals surface area contributed by atoms with Gasteiger partial charge in [-0.1, -0.05) is 6.07 Å². The van der Waals surface area contributed by atoms with Crippen molar-refractivity contribution in [1.29, 1.82) is 0 Å². The highest BCUT2D eigenvalue weighted by Crippen LogP contribution is 2.24. The maximum atomic E-state index is 5.93. The molecule has 1 aromatic carbocycles. The van der Waals surface area contributed by atoms with Crippen LogP contribution >= 0.6 is 24.0 Å². The second-order valence-electron chi connectivity index (χ2n) is 5.94. The summed E-state index contributed by atoms with van der Waals surface area (Å²) in [5.74, 6) is 0.474. The lowest BCUT2D eigenvalue weighted by Gasteiger charge is -2.09. The zero-order chi connectivity index (χ0) is 15.2.